The van der Waals surface area contributed by atoms with E-state index in [1.54, 1.807) is 24.3 Å². The van der Waals surface area contributed by atoms with Crippen molar-refractivity contribution >= 4 is 17.4 Å². The molecule has 0 aliphatic heterocycles. The Balaban J connectivity index is 1.77. The van der Waals surface area contributed by atoms with Gasteiger partial charge in [-0.3, -0.25) is 4.79 Å². The maximum atomic E-state index is 12.8. The van der Waals surface area contributed by atoms with Gasteiger partial charge in [-0.15, -0.1) is 5.10 Å². The summed E-state index contributed by atoms with van der Waals surface area (Å²) in [6, 6.07) is 11.5. The first-order valence-electron chi connectivity index (χ1n) is 8.08. The molecule has 2 aromatic carbocycles. The number of ether oxygens (including phenoxy) is 1. The van der Waals surface area contributed by atoms with Gasteiger partial charge in [0.1, 0.15) is 5.75 Å². The zero-order valence-electron chi connectivity index (χ0n) is 14.7. The molecular weight excluding hydrogens is 375 g/mol. The van der Waals surface area contributed by atoms with Crippen molar-refractivity contribution in [1.82, 2.24) is 15.0 Å². The van der Waals surface area contributed by atoms with E-state index in [2.05, 4.69) is 15.6 Å². The van der Waals surface area contributed by atoms with Gasteiger partial charge in [-0.25, -0.2) is 4.68 Å². The Labute approximate surface area is 157 Å². The van der Waals surface area contributed by atoms with E-state index >= 15 is 0 Å². The van der Waals surface area contributed by atoms with Gasteiger partial charge in [-0.2, -0.15) is 13.2 Å². The van der Waals surface area contributed by atoms with Gasteiger partial charge in [0.2, 0.25) is 0 Å². The first-order valence-corrected chi connectivity index (χ1v) is 8.08. The van der Waals surface area contributed by atoms with Crippen LogP contribution in [0.1, 0.15) is 21.6 Å². The zero-order valence-corrected chi connectivity index (χ0v) is 14.7. The van der Waals surface area contributed by atoms with Crippen molar-refractivity contribution in [3.8, 4) is 5.75 Å². The Kier molecular flexibility index (Phi) is 5.21. The topological polar surface area (TPSA) is 95.1 Å². The van der Waals surface area contributed by atoms with Gasteiger partial charge >= 0.3 is 6.18 Å². The molecule has 0 atom stereocenters. The number of amides is 1. The number of carbonyl (C=O) groups is 1. The van der Waals surface area contributed by atoms with Crippen molar-refractivity contribution in [3.05, 3.63) is 65.4 Å². The number of nitrogens with one attached hydrogen (secondary N) is 1. The van der Waals surface area contributed by atoms with Gasteiger partial charge < -0.3 is 15.8 Å². The molecule has 10 heteroatoms. The molecule has 3 rings (SSSR count). The number of aromatic nitrogens is 3. The smallest absolute Gasteiger partial charge is 0.416 e. The minimum Gasteiger partial charge on any atom is -0.497 e. The van der Waals surface area contributed by atoms with Crippen LogP contribution < -0.4 is 15.8 Å². The lowest BCUT2D eigenvalue weighted by Crippen LogP contribution is -2.15. The Bertz CT molecular complexity index is 1000. The SMILES string of the molecule is COc1cccc(NC(=O)c2nnn(Cc3cccc(C(F)(F)F)c3)c2N)c1. The highest BCUT2D eigenvalue weighted by molar-refractivity contribution is 6.05. The Morgan fingerprint density at radius 2 is 1.96 bits per heavy atom. The molecule has 0 bridgehead atoms. The number of alkyl halides is 3. The van der Waals surface area contributed by atoms with E-state index < -0.39 is 17.6 Å². The highest BCUT2D eigenvalue weighted by Crippen LogP contribution is 2.29. The number of methoxy groups -OCH3 is 1. The second-order valence-electron chi connectivity index (χ2n) is 5.87. The minimum absolute atomic E-state index is 0.0576. The van der Waals surface area contributed by atoms with E-state index in [9.17, 15) is 18.0 Å². The quantitative estimate of drug-likeness (QED) is 0.697. The molecule has 1 heterocycles. The normalized spacial score (nSPS) is 11.3. The molecule has 0 radical (unpaired) electrons. The summed E-state index contributed by atoms with van der Waals surface area (Å²) in [4.78, 5) is 12.4. The average molecular weight is 391 g/mol. The van der Waals surface area contributed by atoms with Crippen LogP contribution in [0.5, 0.6) is 5.75 Å². The van der Waals surface area contributed by atoms with Crippen molar-refractivity contribution in [3.63, 3.8) is 0 Å². The number of benzene rings is 2. The number of hydrogen-bond donors (Lipinski definition) is 2. The number of rotatable bonds is 5. The molecule has 3 N–H and O–H groups in total. The Morgan fingerprint density at radius 3 is 2.68 bits per heavy atom. The van der Waals surface area contributed by atoms with Crippen LogP contribution in [0.4, 0.5) is 24.7 Å². The molecule has 0 spiro atoms. The van der Waals surface area contributed by atoms with E-state index in [-0.39, 0.29) is 18.1 Å². The Morgan fingerprint density at radius 1 is 1.21 bits per heavy atom. The van der Waals surface area contributed by atoms with Crippen LogP contribution in [-0.4, -0.2) is 28.0 Å². The number of anilines is 2. The Hall–Kier alpha value is -3.56. The van der Waals surface area contributed by atoms with Crippen molar-refractivity contribution < 1.29 is 22.7 Å². The van der Waals surface area contributed by atoms with Crippen molar-refractivity contribution in [1.29, 1.82) is 0 Å². The van der Waals surface area contributed by atoms with Gasteiger partial charge in [0.25, 0.3) is 5.91 Å². The summed E-state index contributed by atoms with van der Waals surface area (Å²) in [5.41, 5.74) is 5.80. The molecule has 28 heavy (non-hydrogen) atoms. The molecule has 146 valence electrons. The lowest BCUT2D eigenvalue weighted by molar-refractivity contribution is -0.137. The third-order valence-corrected chi connectivity index (χ3v) is 3.90. The monoisotopic (exact) mass is 391 g/mol. The molecule has 0 aliphatic carbocycles. The molecule has 1 aromatic heterocycles. The molecule has 3 aromatic rings. The first-order chi connectivity index (χ1) is 13.3. The van der Waals surface area contributed by atoms with Gasteiger partial charge in [0, 0.05) is 11.8 Å². The van der Waals surface area contributed by atoms with Gasteiger partial charge in [-0.05, 0) is 29.8 Å². The van der Waals surface area contributed by atoms with E-state index in [1.807, 2.05) is 0 Å². The zero-order chi connectivity index (χ0) is 20.3. The van der Waals surface area contributed by atoms with Crippen LogP contribution in [0.15, 0.2) is 48.5 Å². The number of carbonyl (C=O) groups excluding carboxylic acids is 1. The second-order valence-corrected chi connectivity index (χ2v) is 5.87. The summed E-state index contributed by atoms with van der Waals surface area (Å²) in [6.07, 6.45) is -4.45. The molecule has 7 nitrogen and oxygen atoms in total. The van der Waals surface area contributed by atoms with E-state index in [4.69, 9.17) is 10.5 Å². The summed E-state index contributed by atoms with van der Waals surface area (Å²) in [6.45, 7) is -0.0603. The maximum Gasteiger partial charge on any atom is 0.416 e. The molecule has 1 amide bonds. The van der Waals surface area contributed by atoms with Crippen molar-refractivity contribution in [2.75, 3.05) is 18.2 Å². The largest absolute Gasteiger partial charge is 0.497 e. The van der Waals surface area contributed by atoms with Crippen LogP contribution in [0.3, 0.4) is 0 Å². The molecular formula is C18H16F3N5O2. The number of nitrogens with zero attached hydrogens (tertiary/aromatic N) is 3. The lowest BCUT2D eigenvalue weighted by atomic mass is 10.1. The number of nitrogen functional groups attached to an aromatic ring is 1. The van der Waals surface area contributed by atoms with Crippen LogP contribution >= 0.6 is 0 Å². The highest BCUT2D eigenvalue weighted by atomic mass is 19.4. The predicted molar refractivity (Wildman–Crippen MR) is 95.9 cm³/mol. The fraction of sp³-hybridized carbons (Fsp3) is 0.167. The summed E-state index contributed by atoms with van der Waals surface area (Å²) in [7, 11) is 1.50. The van der Waals surface area contributed by atoms with Gasteiger partial charge in [0.15, 0.2) is 11.5 Å². The van der Waals surface area contributed by atoms with Crippen LogP contribution in [-0.2, 0) is 12.7 Å². The van der Waals surface area contributed by atoms with E-state index in [1.165, 1.54) is 19.2 Å². The van der Waals surface area contributed by atoms with E-state index in [0.717, 1.165) is 16.8 Å². The summed E-state index contributed by atoms with van der Waals surface area (Å²) < 4.78 is 44.8. The summed E-state index contributed by atoms with van der Waals surface area (Å²) >= 11 is 0. The summed E-state index contributed by atoms with van der Waals surface area (Å²) in [5.74, 6) is -0.0992. The number of nitrogens with two attached hydrogens (primary N) is 1. The predicted octanol–water partition coefficient (Wildman–Crippen LogP) is 3.19. The highest BCUT2D eigenvalue weighted by Gasteiger charge is 2.30. The maximum absolute atomic E-state index is 12.8. The number of hydrogen-bond acceptors (Lipinski definition) is 5. The molecule has 0 aliphatic rings. The third kappa shape index (κ3) is 4.22. The van der Waals surface area contributed by atoms with Crippen LogP contribution in [0.25, 0.3) is 0 Å². The van der Waals surface area contributed by atoms with E-state index in [0.29, 0.717) is 17.0 Å². The second kappa shape index (κ2) is 7.59. The third-order valence-electron chi connectivity index (χ3n) is 3.90. The summed E-state index contributed by atoms with van der Waals surface area (Å²) in [5, 5.41) is 10.1. The first kappa shape index (κ1) is 19.2. The molecule has 0 saturated carbocycles. The fourth-order valence-electron chi connectivity index (χ4n) is 2.51. The molecule has 0 saturated heterocycles. The van der Waals surface area contributed by atoms with Crippen molar-refractivity contribution in [2.45, 2.75) is 12.7 Å². The van der Waals surface area contributed by atoms with Crippen LogP contribution in [0, 0.1) is 0 Å². The average Bonchev–Trinajstić information content (AvgIpc) is 3.02. The van der Waals surface area contributed by atoms with Gasteiger partial charge in [-0.1, -0.05) is 23.4 Å². The fourth-order valence-corrected chi connectivity index (χ4v) is 2.51. The van der Waals surface area contributed by atoms with Gasteiger partial charge in [0.05, 0.1) is 19.2 Å². The molecule has 0 unspecified atom stereocenters. The minimum atomic E-state index is -4.45. The standard InChI is InChI=1S/C18H16F3N5O2/c1-28-14-7-3-6-13(9-14)23-17(27)15-16(22)26(25-24-15)10-11-4-2-5-12(8-11)18(19,20)21/h2-9H,10,22H2,1H3,(H,23,27). The lowest BCUT2D eigenvalue weighted by Gasteiger charge is -2.09. The number of halogens is 3. The van der Waals surface area contributed by atoms with Crippen molar-refractivity contribution in [2.24, 2.45) is 0 Å². The molecule has 0 fully saturated rings. The van der Waals surface area contributed by atoms with Crippen LogP contribution in [0.2, 0.25) is 0 Å².